The highest BCUT2D eigenvalue weighted by Crippen LogP contribution is 2.15. The third kappa shape index (κ3) is 69.7. The van der Waals surface area contributed by atoms with Crippen molar-refractivity contribution in [1.82, 2.24) is 0 Å². The van der Waals surface area contributed by atoms with Gasteiger partial charge in [0.1, 0.15) is 13.2 Å². The minimum absolute atomic E-state index is 0.135. The van der Waals surface area contributed by atoms with Crippen molar-refractivity contribution in [3.8, 4) is 0 Å². The number of rotatable bonds is 62. The highest BCUT2D eigenvalue weighted by atomic mass is 16.7. The fourth-order valence-electron chi connectivity index (χ4n) is 8.88. The SMILES string of the molecule is CC/C=C\C/C=C\C/C=C\C/C=C\C/C=C\C/C=C\C/C=C\C/C=C\CCCCCCCCCCCCC(=O)OC(COC(=O)CCCCCCCCC/C=C\C/C=C\C/C=C\C/C=C\C/C=C\C/C=C\C/C=C\CC)COC(OCC[N+](C)(C)C)C(=O)[O-]. The topological polar surface area (TPSA) is 111 Å². The molecule has 0 aromatic rings. The van der Waals surface area contributed by atoms with E-state index in [1.165, 1.54) is 57.8 Å². The number of carbonyl (C=O) groups is 3. The van der Waals surface area contributed by atoms with Gasteiger partial charge < -0.3 is 33.3 Å². The summed E-state index contributed by atoms with van der Waals surface area (Å²) in [4.78, 5) is 37.5. The lowest BCUT2D eigenvalue weighted by Gasteiger charge is -2.26. The van der Waals surface area contributed by atoms with Gasteiger partial charge in [0.2, 0.25) is 0 Å². The maximum absolute atomic E-state index is 12.9. The zero-order valence-electron chi connectivity index (χ0n) is 57.0. The van der Waals surface area contributed by atoms with E-state index in [1.54, 1.807) is 0 Å². The number of hydrogen-bond acceptors (Lipinski definition) is 8. The fourth-order valence-corrected chi connectivity index (χ4v) is 8.88. The van der Waals surface area contributed by atoms with Gasteiger partial charge in [-0.1, -0.05) is 280 Å². The predicted molar refractivity (Wildman–Crippen MR) is 379 cm³/mol. The Morgan fingerprint density at radius 1 is 0.337 bits per heavy atom. The third-order valence-electron chi connectivity index (χ3n) is 14.1. The van der Waals surface area contributed by atoms with E-state index in [-0.39, 0.29) is 38.6 Å². The maximum Gasteiger partial charge on any atom is 0.306 e. The van der Waals surface area contributed by atoms with Crippen molar-refractivity contribution >= 4 is 17.9 Å². The Kier molecular flexibility index (Phi) is 64.0. The van der Waals surface area contributed by atoms with E-state index >= 15 is 0 Å². The average molecular weight is 1230 g/mol. The smallest absolute Gasteiger partial charge is 0.306 e. The number of quaternary nitrogens is 1. The van der Waals surface area contributed by atoms with Crippen LogP contribution < -0.4 is 5.11 Å². The molecule has 0 amide bonds. The Balaban J connectivity index is 4.23. The van der Waals surface area contributed by atoms with Crippen molar-refractivity contribution in [3.05, 3.63) is 182 Å². The summed E-state index contributed by atoms with van der Waals surface area (Å²) in [6.45, 7) is 4.48. The van der Waals surface area contributed by atoms with E-state index in [1.807, 2.05) is 21.1 Å². The molecule has 500 valence electrons. The Morgan fingerprint density at radius 2 is 0.607 bits per heavy atom. The molecule has 0 N–H and O–H groups in total. The number of nitrogens with zero attached hydrogens (tertiary/aromatic N) is 1. The number of likely N-dealkylation sites (N-methyl/N-ethyl adjacent to an activating group) is 1. The molecule has 0 aliphatic carbocycles. The van der Waals surface area contributed by atoms with Gasteiger partial charge in [0.25, 0.3) is 0 Å². The number of carboxylic acids is 1. The second kappa shape index (κ2) is 68.3. The molecular weight excluding hydrogens is 1100 g/mol. The van der Waals surface area contributed by atoms with Crippen molar-refractivity contribution < 1.29 is 42.9 Å². The summed E-state index contributed by atoms with van der Waals surface area (Å²) in [7, 11) is 5.91. The Hall–Kier alpha value is -5.61. The van der Waals surface area contributed by atoms with E-state index in [0.29, 0.717) is 23.9 Å². The summed E-state index contributed by atoms with van der Waals surface area (Å²) >= 11 is 0. The van der Waals surface area contributed by atoms with Crippen LogP contribution >= 0.6 is 0 Å². The second-order valence-corrected chi connectivity index (χ2v) is 23.7. The second-order valence-electron chi connectivity index (χ2n) is 23.7. The molecular formula is C80H127NO8. The van der Waals surface area contributed by atoms with Crippen LogP contribution in [-0.2, 0) is 33.3 Å². The summed E-state index contributed by atoms with van der Waals surface area (Å²) in [5, 5.41) is 11.8. The number of esters is 2. The molecule has 0 saturated carbocycles. The van der Waals surface area contributed by atoms with Crippen LogP contribution in [0.25, 0.3) is 0 Å². The van der Waals surface area contributed by atoms with Crippen molar-refractivity contribution in [2.45, 2.75) is 257 Å². The average Bonchev–Trinajstić information content (AvgIpc) is 3.64. The molecule has 0 aromatic heterocycles. The first-order chi connectivity index (χ1) is 43.6. The zero-order valence-corrected chi connectivity index (χ0v) is 57.0. The van der Waals surface area contributed by atoms with Crippen molar-refractivity contribution in [2.75, 3.05) is 47.5 Å². The van der Waals surface area contributed by atoms with Crippen molar-refractivity contribution in [1.29, 1.82) is 0 Å². The molecule has 2 atom stereocenters. The van der Waals surface area contributed by atoms with Crippen molar-refractivity contribution in [2.24, 2.45) is 0 Å². The van der Waals surface area contributed by atoms with Gasteiger partial charge in [0.05, 0.1) is 40.3 Å². The van der Waals surface area contributed by atoms with Gasteiger partial charge in [-0.25, -0.2) is 0 Å². The van der Waals surface area contributed by atoms with Crippen molar-refractivity contribution in [3.63, 3.8) is 0 Å². The largest absolute Gasteiger partial charge is 0.545 e. The lowest BCUT2D eigenvalue weighted by atomic mass is 10.0. The van der Waals surface area contributed by atoms with Crippen LogP contribution in [0.1, 0.15) is 245 Å². The molecule has 0 aliphatic rings. The fraction of sp³-hybridized carbons (Fsp3) is 0.588. The van der Waals surface area contributed by atoms with Crippen LogP contribution in [0.4, 0.5) is 0 Å². The molecule has 0 aromatic carbocycles. The first-order valence-corrected chi connectivity index (χ1v) is 34.9. The molecule has 2 unspecified atom stereocenters. The van der Waals surface area contributed by atoms with Crippen LogP contribution in [0.5, 0.6) is 0 Å². The van der Waals surface area contributed by atoms with Gasteiger partial charge in [-0.05, 0) is 135 Å². The quantitative estimate of drug-likeness (QED) is 0.0195. The first kappa shape index (κ1) is 83.4. The number of ether oxygens (including phenoxy) is 4. The Bertz CT molecular complexity index is 2120. The summed E-state index contributed by atoms with van der Waals surface area (Å²) in [5.74, 6) is -2.32. The van der Waals surface area contributed by atoms with Gasteiger partial charge >= 0.3 is 11.9 Å². The van der Waals surface area contributed by atoms with Gasteiger partial charge in [0.15, 0.2) is 12.4 Å². The highest BCUT2D eigenvalue weighted by molar-refractivity contribution is 5.70. The highest BCUT2D eigenvalue weighted by Gasteiger charge is 2.22. The molecule has 0 fully saturated rings. The normalized spacial score (nSPS) is 13.9. The van der Waals surface area contributed by atoms with Gasteiger partial charge in [-0.15, -0.1) is 0 Å². The number of unbranched alkanes of at least 4 members (excludes halogenated alkanes) is 17. The number of hydrogen-bond donors (Lipinski definition) is 0. The Labute approximate surface area is 545 Å². The molecule has 0 heterocycles. The molecule has 0 bridgehead atoms. The molecule has 0 aliphatic heterocycles. The number of carbonyl (C=O) groups excluding carboxylic acids is 3. The Morgan fingerprint density at radius 3 is 0.899 bits per heavy atom. The van der Waals surface area contributed by atoms with E-state index in [2.05, 4.69) is 196 Å². The monoisotopic (exact) mass is 1230 g/mol. The molecule has 0 spiro atoms. The van der Waals surface area contributed by atoms with E-state index in [9.17, 15) is 19.5 Å². The summed E-state index contributed by atoms with van der Waals surface area (Å²) in [6.07, 6.45) is 101. The van der Waals surface area contributed by atoms with Gasteiger partial charge in [-0.3, -0.25) is 9.59 Å². The molecule has 0 radical (unpaired) electrons. The number of allylic oxidation sites excluding steroid dienone is 30. The number of carboxylic acid groups (broad SMARTS) is 1. The minimum atomic E-state index is -1.64. The minimum Gasteiger partial charge on any atom is -0.545 e. The van der Waals surface area contributed by atoms with Crippen LogP contribution in [0.15, 0.2) is 182 Å². The summed E-state index contributed by atoms with van der Waals surface area (Å²) < 4.78 is 22.8. The number of aliphatic carboxylic acids is 1. The third-order valence-corrected chi connectivity index (χ3v) is 14.1. The van der Waals surface area contributed by atoms with E-state index in [0.717, 1.165) is 148 Å². The van der Waals surface area contributed by atoms with Gasteiger partial charge in [0, 0.05) is 12.8 Å². The predicted octanol–water partition coefficient (Wildman–Crippen LogP) is 20.7. The molecule has 0 rings (SSSR count). The van der Waals surface area contributed by atoms with Crippen LogP contribution in [0, 0.1) is 0 Å². The standard InChI is InChI=1S/C80H127NO8/c1-6-8-10-12-14-16-18-20-22-24-26-28-30-32-34-36-37-38-39-40-41-43-45-47-49-51-53-55-57-59-61-63-65-67-69-71-78(83)89-76(75-88-80(79(84)85)86-73-72-81(3,4)5)74-87-77(82)70-68-66-64-62-60-58-56-54-52-50-48-46-44-42-35-33-31-29-27-25-23-21-19-17-15-13-11-9-7-2/h8-11,14-17,20-23,26-29,32-35,37-38,40-41,44-47,50,52,76,80H,6-7,12-13,18-19,24-25,30-31,36,39,42-43,48-49,51,53-75H2,1-5H3/b10-8-,11-9-,16-14-,17-15-,22-20-,23-21-,28-26-,29-27-,34-32-,35-33-,38-37-,41-40-,46-44-,47-45-,52-50-. The maximum atomic E-state index is 12.9. The van der Waals surface area contributed by atoms with Crippen LogP contribution in [0.2, 0.25) is 0 Å². The lowest BCUT2D eigenvalue weighted by Crippen LogP contribution is -2.44. The molecule has 9 heteroatoms. The van der Waals surface area contributed by atoms with E-state index in [4.69, 9.17) is 18.9 Å². The summed E-state index contributed by atoms with van der Waals surface area (Å²) in [6, 6.07) is 0. The summed E-state index contributed by atoms with van der Waals surface area (Å²) in [5.41, 5.74) is 0. The van der Waals surface area contributed by atoms with Gasteiger partial charge in [-0.2, -0.15) is 0 Å². The van der Waals surface area contributed by atoms with Crippen LogP contribution in [-0.4, -0.2) is 82.3 Å². The zero-order chi connectivity index (χ0) is 64.7. The molecule has 89 heavy (non-hydrogen) atoms. The lowest BCUT2D eigenvalue weighted by molar-refractivity contribution is -0.870. The molecule has 9 nitrogen and oxygen atoms in total. The van der Waals surface area contributed by atoms with E-state index < -0.39 is 24.3 Å². The first-order valence-electron chi connectivity index (χ1n) is 34.9. The van der Waals surface area contributed by atoms with Crippen LogP contribution in [0.3, 0.4) is 0 Å². The molecule has 0 saturated heterocycles.